The van der Waals surface area contributed by atoms with Crippen molar-refractivity contribution < 1.29 is 24.5 Å². The number of pyridine rings is 2. The van der Waals surface area contributed by atoms with Crippen molar-refractivity contribution in [2.45, 2.75) is 65.6 Å². The van der Waals surface area contributed by atoms with Crippen molar-refractivity contribution in [3.8, 4) is 44.8 Å². The molecule has 0 bridgehead atoms. The van der Waals surface area contributed by atoms with Crippen LogP contribution in [-0.4, -0.2) is 18.0 Å². The average Bonchev–Trinajstić information content (AvgIpc) is 3.69. The summed E-state index contributed by atoms with van der Waals surface area (Å²) < 4.78 is 6.42. The molecular weight excluding hydrogens is 937 g/mol. The largest absolute Gasteiger partial charge is 0.501 e. The van der Waals surface area contributed by atoms with E-state index in [1.807, 2.05) is 18.3 Å². The topological polar surface area (TPSA) is 38.9 Å². The number of aryl methyl sites for hydroxylation is 1. The summed E-state index contributed by atoms with van der Waals surface area (Å²) in [5.74, 6) is 0.829. The first-order valence-corrected chi connectivity index (χ1v) is 24.6. The van der Waals surface area contributed by atoms with Crippen LogP contribution in [0.15, 0.2) is 168 Å². The van der Waals surface area contributed by atoms with E-state index in [4.69, 9.17) is 14.4 Å². The van der Waals surface area contributed by atoms with Gasteiger partial charge in [0.25, 0.3) is 0 Å². The molecule has 0 spiro atoms. The number of nitrogens with zero attached hydrogens (tertiary/aromatic N) is 2. The van der Waals surface area contributed by atoms with E-state index in [0.29, 0.717) is 5.92 Å². The SMILES string of the molecule is CCC(C)c1cc(-c2[c-]cc(-c3ccccc3)cc2)ncc1[Si](C)(C)C.Cc1c[c-]c(-c2cc(C(C)c3ccccc3)ccn2)c2oc3ccc(-c4ccccc4)cc3c12.[Ir]. The van der Waals surface area contributed by atoms with Crippen molar-refractivity contribution in [2.75, 3.05) is 0 Å². The molecule has 9 rings (SSSR count). The first kappa shape index (κ1) is 43.4. The van der Waals surface area contributed by atoms with E-state index in [1.54, 1.807) is 0 Å². The van der Waals surface area contributed by atoms with Crippen LogP contribution >= 0.6 is 0 Å². The molecule has 0 fully saturated rings. The van der Waals surface area contributed by atoms with Crippen LogP contribution in [0.1, 0.15) is 61.3 Å². The number of furan rings is 1. The first-order chi connectivity index (χ1) is 29.1. The summed E-state index contributed by atoms with van der Waals surface area (Å²) >= 11 is 0. The van der Waals surface area contributed by atoms with Crippen LogP contribution in [0.5, 0.6) is 0 Å². The van der Waals surface area contributed by atoms with Gasteiger partial charge in [0.15, 0.2) is 0 Å². The number of rotatable bonds is 9. The second-order valence-corrected chi connectivity index (χ2v) is 21.9. The molecule has 3 nitrogen and oxygen atoms in total. The van der Waals surface area contributed by atoms with Gasteiger partial charge in [0.2, 0.25) is 0 Å². The number of hydrogen-bond acceptors (Lipinski definition) is 3. The maximum atomic E-state index is 6.42. The summed E-state index contributed by atoms with van der Waals surface area (Å²) in [7, 11) is -1.41. The fourth-order valence-electron chi connectivity index (χ4n) is 8.04. The minimum atomic E-state index is -1.41. The third kappa shape index (κ3) is 9.45. The molecule has 3 aromatic heterocycles. The van der Waals surface area contributed by atoms with E-state index in [0.717, 1.165) is 56.4 Å². The van der Waals surface area contributed by atoms with Gasteiger partial charge in [-0.2, -0.15) is 0 Å². The molecule has 6 aromatic carbocycles. The van der Waals surface area contributed by atoms with E-state index in [-0.39, 0.29) is 26.0 Å². The molecule has 307 valence electrons. The molecule has 0 N–H and O–H groups in total. The van der Waals surface area contributed by atoms with E-state index < -0.39 is 8.07 Å². The zero-order valence-corrected chi connectivity index (χ0v) is 39.5. The molecule has 0 saturated heterocycles. The summed E-state index contributed by atoms with van der Waals surface area (Å²) in [6, 6.07) is 59.8. The van der Waals surface area contributed by atoms with Crippen LogP contribution in [0.3, 0.4) is 0 Å². The van der Waals surface area contributed by atoms with Crippen LogP contribution < -0.4 is 5.19 Å². The van der Waals surface area contributed by atoms with Crippen molar-refractivity contribution in [1.82, 2.24) is 9.97 Å². The minimum Gasteiger partial charge on any atom is -0.501 e. The van der Waals surface area contributed by atoms with Gasteiger partial charge in [0.05, 0.1) is 13.7 Å². The van der Waals surface area contributed by atoms with E-state index in [2.05, 4.69) is 205 Å². The van der Waals surface area contributed by atoms with Gasteiger partial charge in [-0.3, -0.25) is 0 Å². The molecule has 2 atom stereocenters. The molecule has 2 unspecified atom stereocenters. The Labute approximate surface area is 376 Å². The van der Waals surface area contributed by atoms with E-state index in [9.17, 15) is 0 Å². The molecule has 0 aliphatic rings. The van der Waals surface area contributed by atoms with Gasteiger partial charge in [-0.25, -0.2) is 0 Å². The molecule has 0 aliphatic carbocycles. The van der Waals surface area contributed by atoms with Crippen molar-refractivity contribution in [3.05, 3.63) is 198 Å². The monoisotopic (exact) mass is 989 g/mol. The van der Waals surface area contributed by atoms with Crippen molar-refractivity contribution in [1.29, 1.82) is 0 Å². The van der Waals surface area contributed by atoms with Gasteiger partial charge < -0.3 is 14.4 Å². The summed E-state index contributed by atoms with van der Waals surface area (Å²) in [6.45, 7) is 16.1. The van der Waals surface area contributed by atoms with Crippen molar-refractivity contribution >= 4 is 35.2 Å². The molecule has 3 heterocycles. The fraction of sp³-hybridized carbons (Fsp3) is 0.179. The van der Waals surface area contributed by atoms with Gasteiger partial charge in [0.1, 0.15) is 5.58 Å². The average molecular weight is 989 g/mol. The Kier molecular flexibility index (Phi) is 13.4. The molecule has 0 aliphatic heterocycles. The zero-order chi connectivity index (χ0) is 41.8. The Morgan fingerprint density at radius 2 is 1.30 bits per heavy atom. The van der Waals surface area contributed by atoms with Gasteiger partial charge in [0, 0.05) is 43.8 Å². The Bertz CT molecular complexity index is 2870. The predicted octanol–water partition coefficient (Wildman–Crippen LogP) is 14.8. The molecular formula is C56H52IrN2OSi-2. The molecule has 5 heteroatoms. The number of benzene rings is 6. The van der Waals surface area contributed by atoms with Crippen LogP contribution in [0, 0.1) is 19.1 Å². The molecule has 1 radical (unpaired) electrons. The molecule has 61 heavy (non-hydrogen) atoms. The number of fused-ring (bicyclic) bond motifs is 3. The Morgan fingerprint density at radius 3 is 1.93 bits per heavy atom. The van der Waals surface area contributed by atoms with Crippen LogP contribution in [0.4, 0.5) is 0 Å². The molecule has 0 saturated carbocycles. The summed E-state index contributed by atoms with van der Waals surface area (Å²) in [4.78, 5) is 9.51. The van der Waals surface area contributed by atoms with Crippen molar-refractivity contribution in [3.63, 3.8) is 0 Å². The van der Waals surface area contributed by atoms with Gasteiger partial charge in [-0.1, -0.05) is 184 Å². The summed E-state index contributed by atoms with van der Waals surface area (Å²) in [5.41, 5.74) is 15.5. The second kappa shape index (κ2) is 18.9. The number of aromatic nitrogens is 2. The fourth-order valence-corrected chi connectivity index (χ4v) is 9.67. The number of hydrogen-bond donors (Lipinski definition) is 0. The van der Waals surface area contributed by atoms with Gasteiger partial charge in [-0.05, 0) is 69.4 Å². The van der Waals surface area contributed by atoms with Crippen LogP contribution in [0.25, 0.3) is 66.7 Å². The summed E-state index contributed by atoms with van der Waals surface area (Å²) in [6.07, 6.45) is 5.17. The molecule has 9 aromatic rings. The molecule has 0 amide bonds. The zero-order valence-electron chi connectivity index (χ0n) is 36.1. The summed E-state index contributed by atoms with van der Waals surface area (Å²) in [5, 5.41) is 3.74. The van der Waals surface area contributed by atoms with Gasteiger partial charge in [-0.15, -0.1) is 47.5 Å². The Balaban J connectivity index is 0.000000188. The van der Waals surface area contributed by atoms with Crippen LogP contribution in [0.2, 0.25) is 19.6 Å². The van der Waals surface area contributed by atoms with Crippen LogP contribution in [-0.2, 0) is 20.1 Å². The van der Waals surface area contributed by atoms with Crippen molar-refractivity contribution in [2.24, 2.45) is 0 Å². The maximum absolute atomic E-state index is 6.42. The third-order valence-electron chi connectivity index (χ3n) is 11.8. The quantitative estimate of drug-likeness (QED) is 0.107. The predicted molar refractivity (Wildman–Crippen MR) is 256 cm³/mol. The normalized spacial score (nSPS) is 12.3. The standard InChI is InChI=1S/C32H24NO.C24H28NSi.Ir/c1-21-13-15-27(29-20-25(17-18-33-29)22(2)23-9-5-3-6-10-23)32-31(21)28-19-26(14-16-30(28)34-32)24-11-7-4-8-12-24;1-6-18(2)22-16-23(25-17-24(22)26(3,4)5)21-14-12-20(13-15-21)19-10-8-7-9-11-19;/h3-14,16-20,22H,1-2H3;7-14,16-18H,6H2,1-5H3;/q2*-1;. The van der Waals surface area contributed by atoms with E-state index in [1.165, 1.54) is 44.1 Å². The Morgan fingerprint density at radius 1 is 0.639 bits per heavy atom. The Hall–Kier alpha value is -5.71. The minimum absolute atomic E-state index is 0. The van der Waals surface area contributed by atoms with E-state index >= 15 is 0 Å². The smallest absolute Gasteiger partial charge is 0.121 e. The maximum Gasteiger partial charge on any atom is 0.121 e. The van der Waals surface area contributed by atoms with Gasteiger partial charge >= 0.3 is 0 Å². The third-order valence-corrected chi connectivity index (χ3v) is 13.8. The first-order valence-electron chi connectivity index (χ1n) is 21.1. The second-order valence-electron chi connectivity index (χ2n) is 16.9.